The molecule has 2 N–H and O–H groups in total. The zero-order chi connectivity index (χ0) is 19.9. The first-order valence-corrected chi connectivity index (χ1v) is 11.0. The van der Waals surface area contributed by atoms with E-state index in [0.717, 1.165) is 36.6 Å². The Morgan fingerprint density at radius 3 is 2.21 bits per heavy atom. The lowest BCUT2D eigenvalue weighted by molar-refractivity contribution is -0.127. The molecule has 3 rings (SSSR count). The highest BCUT2D eigenvalue weighted by molar-refractivity contribution is 9.10. The average Bonchev–Trinajstić information content (AvgIpc) is 3.21. The van der Waals surface area contributed by atoms with E-state index in [-0.39, 0.29) is 23.6 Å². The summed E-state index contributed by atoms with van der Waals surface area (Å²) >= 11 is 3.36. The molecular weight excluding hydrogens is 422 g/mol. The number of rotatable bonds is 6. The zero-order valence-corrected chi connectivity index (χ0v) is 17.7. The fraction of sp³-hybridized carbons (Fsp3) is 0.571. The first kappa shape index (κ1) is 20.8. The van der Waals surface area contributed by atoms with Crippen LogP contribution in [0.25, 0.3) is 0 Å². The van der Waals surface area contributed by atoms with Gasteiger partial charge in [-0.2, -0.15) is 0 Å². The maximum Gasteiger partial charge on any atom is 0.254 e. The molecule has 1 atom stereocenters. The molecule has 1 aromatic rings. The standard InChI is InChI=1S/C21H28BrN3O3/c22-17-10-8-16(9-11-17)21(28)25-14-4-7-18(25)20(27)24-13-12-23-19(26)15-5-2-1-3-6-15/h8-11,15,18H,1-7,12-14H2,(H,23,26)(H,24,27). The Bertz CT molecular complexity index is 701. The molecule has 1 aromatic carbocycles. The van der Waals surface area contributed by atoms with Crippen LogP contribution in [0.2, 0.25) is 0 Å². The number of carbonyl (C=O) groups excluding carboxylic acids is 3. The minimum Gasteiger partial charge on any atom is -0.354 e. The fourth-order valence-electron chi connectivity index (χ4n) is 4.04. The van der Waals surface area contributed by atoms with E-state index in [4.69, 9.17) is 0 Å². The van der Waals surface area contributed by atoms with Crippen molar-refractivity contribution in [3.63, 3.8) is 0 Å². The van der Waals surface area contributed by atoms with Gasteiger partial charge in [0.05, 0.1) is 0 Å². The average molecular weight is 450 g/mol. The predicted octanol–water partition coefficient (Wildman–Crippen LogP) is 2.87. The maximum atomic E-state index is 12.7. The van der Waals surface area contributed by atoms with Crippen molar-refractivity contribution in [3.8, 4) is 0 Å². The summed E-state index contributed by atoms with van der Waals surface area (Å²) in [6.45, 7) is 1.40. The van der Waals surface area contributed by atoms with Crippen molar-refractivity contribution in [1.29, 1.82) is 0 Å². The number of carbonyl (C=O) groups is 3. The van der Waals surface area contributed by atoms with Crippen LogP contribution in [0.5, 0.6) is 0 Å². The van der Waals surface area contributed by atoms with Crippen molar-refractivity contribution in [2.75, 3.05) is 19.6 Å². The van der Waals surface area contributed by atoms with Crippen LogP contribution in [0.1, 0.15) is 55.3 Å². The number of likely N-dealkylation sites (tertiary alicyclic amines) is 1. The summed E-state index contributed by atoms with van der Waals surface area (Å²) in [4.78, 5) is 39.1. The van der Waals surface area contributed by atoms with Crippen LogP contribution in [0.4, 0.5) is 0 Å². The van der Waals surface area contributed by atoms with Crippen molar-refractivity contribution < 1.29 is 14.4 Å². The third-order valence-corrected chi connectivity index (χ3v) is 6.14. The van der Waals surface area contributed by atoms with E-state index < -0.39 is 6.04 Å². The lowest BCUT2D eigenvalue weighted by Crippen LogP contribution is -2.47. The van der Waals surface area contributed by atoms with Gasteiger partial charge in [0.25, 0.3) is 5.91 Å². The lowest BCUT2D eigenvalue weighted by Gasteiger charge is -2.24. The number of hydrogen-bond acceptors (Lipinski definition) is 3. The SMILES string of the molecule is O=C(NCCNC(=O)C1CCCN1C(=O)c1ccc(Br)cc1)C1CCCCC1. The van der Waals surface area contributed by atoms with E-state index >= 15 is 0 Å². The number of nitrogens with zero attached hydrogens (tertiary/aromatic N) is 1. The molecule has 2 fully saturated rings. The second kappa shape index (κ2) is 10.0. The van der Waals surface area contributed by atoms with Gasteiger partial charge in [-0.3, -0.25) is 14.4 Å². The fourth-order valence-corrected chi connectivity index (χ4v) is 4.30. The largest absolute Gasteiger partial charge is 0.354 e. The number of benzene rings is 1. The Balaban J connectivity index is 1.44. The van der Waals surface area contributed by atoms with Gasteiger partial charge in [0.15, 0.2) is 0 Å². The van der Waals surface area contributed by atoms with Gasteiger partial charge in [0.2, 0.25) is 11.8 Å². The number of hydrogen-bond donors (Lipinski definition) is 2. The molecule has 1 aliphatic carbocycles. The summed E-state index contributed by atoms with van der Waals surface area (Å²) in [5.74, 6) is -0.0363. The highest BCUT2D eigenvalue weighted by Crippen LogP contribution is 2.23. The van der Waals surface area contributed by atoms with Crippen LogP contribution < -0.4 is 10.6 Å². The highest BCUT2D eigenvalue weighted by atomic mass is 79.9. The zero-order valence-electron chi connectivity index (χ0n) is 16.1. The van der Waals surface area contributed by atoms with Crippen molar-refractivity contribution >= 4 is 33.7 Å². The van der Waals surface area contributed by atoms with Crippen LogP contribution in [0, 0.1) is 5.92 Å². The lowest BCUT2D eigenvalue weighted by atomic mass is 9.89. The molecule has 3 amide bonds. The Hall–Kier alpha value is -1.89. The third-order valence-electron chi connectivity index (χ3n) is 5.61. The summed E-state index contributed by atoms with van der Waals surface area (Å²) in [7, 11) is 0. The first-order valence-electron chi connectivity index (χ1n) is 10.2. The van der Waals surface area contributed by atoms with Crippen LogP contribution in [0.15, 0.2) is 28.7 Å². The molecule has 1 unspecified atom stereocenters. The van der Waals surface area contributed by atoms with Crippen molar-refractivity contribution in [2.24, 2.45) is 5.92 Å². The van der Waals surface area contributed by atoms with Gasteiger partial charge >= 0.3 is 0 Å². The van der Waals surface area contributed by atoms with E-state index in [1.807, 2.05) is 12.1 Å². The van der Waals surface area contributed by atoms with Gasteiger partial charge < -0.3 is 15.5 Å². The van der Waals surface area contributed by atoms with Crippen molar-refractivity contribution in [1.82, 2.24) is 15.5 Å². The van der Waals surface area contributed by atoms with E-state index in [2.05, 4.69) is 26.6 Å². The second-order valence-corrected chi connectivity index (χ2v) is 8.50. The Morgan fingerprint density at radius 2 is 1.54 bits per heavy atom. The topological polar surface area (TPSA) is 78.5 Å². The summed E-state index contributed by atoms with van der Waals surface area (Å²) in [5.41, 5.74) is 0.586. The minimum atomic E-state index is -0.440. The molecule has 152 valence electrons. The van der Waals surface area contributed by atoms with E-state index in [1.165, 1.54) is 6.42 Å². The van der Waals surface area contributed by atoms with Crippen LogP contribution >= 0.6 is 15.9 Å². The maximum absolute atomic E-state index is 12.7. The number of nitrogens with one attached hydrogen (secondary N) is 2. The van der Waals surface area contributed by atoms with Gasteiger partial charge in [-0.15, -0.1) is 0 Å². The van der Waals surface area contributed by atoms with Crippen molar-refractivity contribution in [3.05, 3.63) is 34.3 Å². The molecule has 1 heterocycles. The molecular formula is C21H28BrN3O3. The highest BCUT2D eigenvalue weighted by Gasteiger charge is 2.34. The third kappa shape index (κ3) is 5.34. The van der Waals surface area contributed by atoms with Gasteiger partial charge in [0.1, 0.15) is 6.04 Å². The Morgan fingerprint density at radius 1 is 0.893 bits per heavy atom. The summed E-state index contributed by atoms with van der Waals surface area (Å²) < 4.78 is 0.912. The van der Waals surface area contributed by atoms with Gasteiger partial charge in [0, 0.05) is 35.6 Å². The molecule has 1 saturated carbocycles. The monoisotopic (exact) mass is 449 g/mol. The van der Waals surface area contributed by atoms with E-state index in [1.54, 1.807) is 17.0 Å². The predicted molar refractivity (Wildman–Crippen MR) is 111 cm³/mol. The van der Waals surface area contributed by atoms with Gasteiger partial charge in [-0.25, -0.2) is 0 Å². The molecule has 0 aromatic heterocycles. The number of amides is 3. The molecule has 7 heteroatoms. The van der Waals surface area contributed by atoms with Crippen LogP contribution in [-0.2, 0) is 9.59 Å². The quantitative estimate of drug-likeness (QED) is 0.655. The van der Waals surface area contributed by atoms with Crippen LogP contribution in [-0.4, -0.2) is 48.3 Å². The Labute approximate surface area is 174 Å². The molecule has 6 nitrogen and oxygen atoms in total. The van der Waals surface area contributed by atoms with E-state index in [9.17, 15) is 14.4 Å². The van der Waals surface area contributed by atoms with E-state index in [0.29, 0.717) is 31.6 Å². The number of halogens is 1. The van der Waals surface area contributed by atoms with Gasteiger partial charge in [-0.05, 0) is 49.9 Å². The Kier molecular flexibility index (Phi) is 7.48. The minimum absolute atomic E-state index is 0.0989. The molecule has 1 aliphatic heterocycles. The molecule has 2 aliphatic rings. The van der Waals surface area contributed by atoms with Gasteiger partial charge in [-0.1, -0.05) is 35.2 Å². The summed E-state index contributed by atoms with van der Waals surface area (Å²) in [6.07, 6.45) is 6.89. The molecule has 28 heavy (non-hydrogen) atoms. The van der Waals surface area contributed by atoms with Crippen molar-refractivity contribution in [2.45, 2.75) is 51.0 Å². The normalized spacial score (nSPS) is 20.0. The molecule has 0 bridgehead atoms. The molecule has 0 radical (unpaired) electrons. The second-order valence-electron chi connectivity index (χ2n) is 7.58. The van der Waals surface area contributed by atoms with Crippen LogP contribution in [0.3, 0.4) is 0 Å². The smallest absolute Gasteiger partial charge is 0.254 e. The summed E-state index contributed by atoms with van der Waals surface area (Å²) in [5, 5.41) is 5.80. The first-order chi connectivity index (χ1) is 13.6. The molecule has 1 saturated heterocycles. The molecule has 0 spiro atoms. The summed E-state index contributed by atoms with van der Waals surface area (Å²) in [6, 6.07) is 6.74.